The summed E-state index contributed by atoms with van der Waals surface area (Å²) in [5.41, 5.74) is 4.88. The number of ether oxygens (including phenoxy) is 1. The van der Waals surface area contributed by atoms with Crippen molar-refractivity contribution < 1.29 is 14.6 Å². The van der Waals surface area contributed by atoms with E-state index in [2.05, 4.69) is 49.2 Å². The van der Waals surface area contributed by atoms with E-state index in [1.165, 1.54) is 16.7 Å². The molecule has 1 aliphatic rings. The summed E-state index contributed by atoms with van der Waals surface area (Å²) < 4.78 is 5.90. The Morgan fingerprint density at radius 3 is 2.56 bits per heavy atom. The van der Waals surface area contributed by atoms with E-state index in [-0.39, 0.29) is 12.5 Å². The van der Waals surface area contributed by atoms with Crippen LogP contribution >= 0.6 is 0 Å². The molecule has 0 aliphatic carbocycles. The number of likely N-dealkylation sites (tertiary alicyclic amines) is 1. The summed E-state index contributed by atoms with van der Waals surface area (Å²) >= 11 is 0. The maximum absolute atomic E-state index is 12.3. The van der Waals surface area contributed by atoms with Gasteiger partial charge in [-0.15, -0.1) is 0 Å². The molecule has 2 N–H and O–H groups in total. The summed E-state index contributed by atoms with van der Waals surface area (Å²) in [6, 6.07) is 13.3. The Morgan fingerprint density at radius 2 is 1.91 bits per heavy atom. The van der Waals surface area contributed by atoms with Crippen molar-refractivity contribution >= 4 is 5.91 Å². The first kappa shape index (κ1) is 23.8. The first-order chi connectivity index (χ1) is 15.4. The molecule has 32 heavy (non-hydrogen) atoms. The topological polar surface area (TPSA) is 85.6 Å². The summed E-state index contributed by atoms with van der Waals surface area (Å²) in [6.07, 6.45) is 1.61. The summed E-state index contributed by atoms with van der Waals surface area (Å²) in [5.74, 6) is 1.26. The molecule has 170 valence electrons. The number of carbonyl (C=O) groups is 1. The van der Waals surface area contributed by atoms with E-state index in [9.17, 15) is 4.79 Å². The van der Waals surface area contributed by atoms with Gasteiger partial charge in [0.2, 0.25) is 0 Å². The number of hydrogen-bond donors (Lipinski definition) is 2. The lowest BCUT2D eigenvalue weighted by Crippen LogP contribution is -2.52. The molecular formula is C26H33N3O3. The number of hydrogen-bond acceptors (Lipinski definition) is 5. The van der Waals surface area contributed by atoms with Crippen LogP contribution in [0.3, 0.4) is 0 Å². The van der Waals surface area contributed by atoms with E-state index >= 15 is 0 Å². The molecule has 2 aromatic carbocycles. The molecule has 1 heterocycles. The highest BCUT2D eigenvalue weighted by Crippen LogP contribution is 2.34. The minimum atomic E-state index is -0.0953. The number of unbranched alkanes of at least 4 members (excludes halogenated alkanes) is 1. The lowest BCUT2D eigenvalue weighted by molar-refractivity contribution is 0.0569. The first-order valence-electron chi connectivity index (χ1n) is 11.3. The Balaban J connectivity index is 1.48. The molecule has 0 spiro atoms. The monoisotopic (exact) mass is 435 g/mol. The van der Waals surface area contributed by atoms with Crippen molar-refractivity contribution in [2.75, 3.05) is 32.8 Å². The van der Waals surface area contributed by atoms with Crippen LogP contribution in [0.1, 0.15) is 58.4 Å². The Kier molecular flexibility index (Phi) is 8.26. The maximum Gasteiger partial charge on any atom is 0.251 e. The highest BCUT2D eigenvalue weighted by Gasteiger charge is 2.32. The lowest BCUT2D eigenvalue weighted by atomic mass is 9.91. The van der Waals surface area contributed by atoms with Crippen molar-refractivity contribution in [2.24, 2.45) is 5.92 Å². The number of rotatable bonds is 10. The smallest absolute Gasteiger partial charge is 0.251 e. The average molecular weight is 436 g/mol. The number of nitrogens with zero attached hydrogens (tertiary/aromatic N) is 2. The fourth-order valence-electron chi connectivity index (χ4n) is 4.11. The minimum absolute atomic E-state index is 0.0953. The Labute approximate surface area is 190 Å². The second kappa shape index (κ2) is 11.1. The van der Waals surface area contributed by atoms with Gasteiger partial charge in [0.25, 0.3) is 5.91 Å². The van der Waals surface area contributed by atoms with Crippen LogP contribution in [0.2, 0.25) is 0 Å². The highest BCUT2D eigenvalue weighted by molar-refractivity contribution is 5.94. The SMILES string of the molecule is Cc1c(OCCCCO)ccc(C(C)N2CC(CNC(=O)c3ccc(C#N)cc3)C2)c1C. The zero-order valence-corrected chi connectivity index (χ0v) is 19.2. The molecule has 0 radical (unpaired) electrons. The van der Waals surface area contributed by atoms with E-state index in [0.29, 0.717) is 36.2 Å². The van der Waals surface area contributed by atoms with Gasteiger partial charge in [0.1, 0.15) is 5.75 Å². The van der Waals surface area contributed by atoms with E-state index in [4.69, 9.17) is 15.1 Å². The van der Waals surface area contributed by atoms with Gasteiger partial charge in [-0.1, -0.05) is 6.07 Å². The highest BCUT2D eigenvalue weighted by atomic mass is 16.5. The van der Waals surface area contributed by atoms with Crippen molar-refractivity contribution in [2.45, 2.75) is 39.7 Å². The van der Waals surface area contributed by atoms with Crippen LogP contribution in [-0.4, -0.2) is 48.8 Å². The van der Waals surface area contributed by atoms with Crippen molar-refractivity contribution in [3.63, 3.8) is 0 Å². The van der Waals surface area contributed by atoms with E-state index in [1.54, 1.807) is 24.3 Å². The molecular weight excluding hydrogens is 402 g/mol. The molecule has 0 saturated carbocycles. The molecule has 2 aromatic rings. The predicted octanol–water partition coefficient (Wildman–Crippen LogP) is 3.75. The van der Waals surface area contributed by atoms with E-state index in [1.807, 2.05) is 0 Å². The van der Waals surface area contributed by atoms with Gasteiger partial charge in [0.05, 0.1) is 18.2 Å². The zero-order valence-electron chi connectivity index (χ0n) is 19.2. The number of nitriles is 1. The van der Waals surface area contributed by atoms with Crippen molar-refractivity contribution in [3.05, 3.63) is 64.2 Å². The number of aliphatic hydroxyl groups is 1. The molecule has 1 saturated heterocycles. The lowest BCUT2D eigenvalue weighted by Gasteiger charge is -2.44. The quantitative estimate of drug-likeness (QED) is 0.555. The normalized spacial score (nSPS) is 15.0. The summed E-state index contributed by atoms with van der Waals surface area (Å²) in [4.78, 5) is 14.8. The van der Waals surface area contributed by atoms with Crippen LogP contribution < -0.4 is 10.1 Å². The fraction of sp³-hybridized carbons (Fsp3) is 0.462. The van der Waals surface area contributed by atoms with Crippen LogP contribution in [0.25, 0.3) is 0 Å². The van der Waals surface area contributed by atoms with Gasteiger partial charge >= 0.3 is 0 Å². The number of carbonyl (C=O) groups excluding carboxylic acids is 1. The fourth-order valence-corrected chi connectivity index (χ4v) is 4.11. The Bertz CT molecular complexity index is 960. The largest absolute Gasteiger partial charge is 0.493 e. The van der Waals surface area contributed by atoms with Gasteiger partial charge in [0, 0.05) is 43.8 Å². The standard InChI is InChI=1S/C26H33N3O3/c1-18-19(2)25(32-13-5-4-12-30)11-10-24(18)20(3)29-16-22(17-29)15-28-26(31)23-8-6-21(14-27)7-9-23/h6-11,20,22,30H,4-5,12-13,15-17H2,1-3H3,(H,28,31). The van der Waals surface area contributed by atoms with Gasteiger partial charge in [-0.2, -0.15) is 5.26 Å². The van der Waals surface area contributed by atoms with Crippen molar-refractivity contribution in [1.29, 1.82) is 5.26 Å². The third-order valence-electron chi connectivity index (χ3n) is 6.40. The minimum Gasteiger partial charge on any atom is -0.493 e. The van der Waals surface area contributed by atoms with Crippen LogP contribution in [0.4, 0.5) is 0 Å². The third-order valence-corrected chi connectivity index (χ3v) is 6.40. The Morgan fingerprint density at radius 1 is 1.19 bits per heavy atom. The van der Waals surface area contributed by atoms with Crippen molar-refractivity contribution in [3.8, 4) is 11.8 Å². The molecule has 1 atom stereocenters. The molecule has 6 heteroatoms. The van der Waals surface area contributed by atoms with Gasteiger partial charge in [-0.05, 0) is 80.6 Å². The summed E-state index contributed by atoms with van der Waals surface area (Å²) in [7, 11) is 0. The number of benzene rings is 2. The van der Waals surface area contributed by atoms with E-state index < -0.39 is 0 Å². The molecule has 6 nitrogen and oxygen atoms in total. The van der Waals surface area contributed by atoms with Gasteiger partial charge < -0.3 is 15.2 Å². The first-order valence-corrected chi connectivity index (χ1v) is 11.3. The maximum atomic E-state index is 12.3. The van der Waals surface area contributed by atoms with Crippen LogP contribution in [0.5, 0.6) is 5.75 Å². The molecule has 1 aliphatic heterocycles. The number of amides is 1. The van der Waals surface area contributed by atoms with Gasteiger partial charge in [0.15, 0.2) is 0 Å². The van der Waals surface area contributed by atoms with Crippen LogP contribution in [0, 0.1) is 31.1 Å². The summed E-state index contributed by atoms with van der Waals surface area (Å²) in [5, 5.41) is 20.8. The molecule has 1 unspecified atom stereocenters. The second-order valence-electron chi connectivity index (χ2n) is 8.58. The third kappa shape index (κ3) is 5.67. The van der Waals surface area contributed by atoms with E-state index in [0.717, 1.165) is 31.7 Å². The summed E-state index contributed by atoms with van der Waals surface area (Å²) in [6.45, 7) is 9.86. The van der Waals surface area contributed by atoms with Crippen molar-refractivity contribution in [1.82, 2.24) is 10.2 Å². The molecule has 1 fully saturated rings. The Hall–Kier alpha value is -2.88. The van der Waals surface area contributed by atoms with Gasteiger partial charge in [-0.3, -0.25) is 9.69 Å². The molecule has 1 amide bonds. The molecule has 0 aromatic heterocycles. The number of nitrogens with one attached hydrogen (secondary N) is 1. The van der Waals surface area contributed by atoms with Crippen LogP contribution in [-0.2, 0) is 0 Å². The predicted molar refractivity (Wildman–Crippen MR) is 125 cm³/mol. The zero-order chi connectivity index (χ0) is 23.1. The molecule has 3 rings (SSSR count). The molecule has 0 bridgehead atoms. The average Bonchev–Trinajstić information content (AvgIpc) is 2.78. The van der Waals surface area contributed by atoms with Crippen LogP contribution in [0.15, 0.2) is 36.4 Å². The number of aliphatic hydroxyl groups excluding tert-OH is 1. The van der Waals surface area contributed by atoms with Gasteiger partial charge in [-0.25, -0.2) is 0 Å². The second-order valence-corrected chi connectivity index (χ2v) is 8.58.